The molecule has 0 saturated carbocycles. The van der Waals surface area contributed by atoms with E-state index in [4.69, 9.17) is 5.11 Å². The van der Waals surface area contributed by atoms with E-state index in [1.165, 1.54) is 15.8 Å². The third-order valence-electron chi connectivity index (χ3n) is 4.11. The second-order valence-electron chi connectivity index (χ2n) is 5.45. The van der Waals surface area contributed by atoms with Gasteiger partial charge in [-0.2, -0.15) is 0 Å². The maximum absolute atomic E-state index is 11.5. The number of hydrogen-bond donors (Lipinski definition) is 1. The second kappa shape index (κ2) is 6.07. The summed E-state index contributed by atoms with van der Waals surface area (Å²) in [5.41, 5.74) is 1.23. The molecule has 1 aromatic heterocycles. The lowest BCUT2D eigenvalue weighted by molar-refractivity contribution is -0.392. The highest BCUT2D eigenvalue weighted by molar-refractivity contribution is 5.70. The van der Waals surface area contributed by atoms with E-state index in [1.807, 2.05) is 18.2 Å². The van der Waals surface area contributed by atoms with Gasteiger partial charge in [0.05, 0.1) is 11.8 Å². The molecule has 23 heavy (non-hydrogen) atoms. The van der Waals surface area contributed by atoms with Gasteiger partial charge in [0.25, 0.3) is 0 Å². The van der Waals surface area contributed by atoms with Gasteiger partial charge in [0.15, 0.2) is 0 Å². The van der Waals surface area contributed by atoms with Crippen LogP contribution in [0, 0.1) is 10.1 Å². The molecule has 3 rings (SSSR count). The predicted molar refractivity (Wildman–Crippen MR) is 82.2 cm³/mol. The Morgan fingerprint density at radius 3 is 2.48 bits per heavy atom. The summed E-state index contributed by atoms with van der Waals surface area (Å²) in [6.45, 7) is 0.718. The van der Waals surface area contributed by atoms with Crippen LogP contribution in [0.4, 0.5) is 10.6 Å². The van der Waals surface area contributed by atoms with Gasteiger partial charge >= 0.3 is 11.9 Å². The molecule has 1 aromatic carbocycles. The van der Waals surface area contributed by atoms with Crippen molar-refractivity contribution < 1.29 is 14.8 Å². The monoisotopic (exact) mass is 316 g/mol. The van der Waals surface area contributed by atoms with Crippen LogP contribution in [-0.2, 0) is 0 Å². The molecular weight excluding hydrogens is 300 g/mol. The molecule has 1 amide bonds. The van der Waals surface area contributed by atoms with Crippen molar-refractivity contribution in [2.24, 2.45) is 0 Å². The molecule has 2 aromatic rings. The fraction of sp³-hybridized carbons (Fsp3) is 0.333. The number of nitro groups is 1. The molecule has 0 spiro atoms. The lowest BCUT2D eigenvalue weighted by atomic mass is 10.0. The lowest BCUT2D eigenvalue weighted by Gasteiger charge is -2.27. The number of amides is 1. The Kier molecular flexibility index (Phi) is 3.96. The maximum Gasteiger partial charge on any atom is 0.407 e. The number of hydrogen-bond acceptors (Lipinski definition) is 4. The van der Waals surface area contributed by atoms with Gasteiger partial charge in [0.2, 0.25) is 0 Å². The molecule has 1 N–H and O–H groups in total. The van der Waals surface area contributed by atoms with Crippen LogP contribution in [0.5, 0.6) is 0 Å². The van der Waals surface area contributed by atoms with Gasteiger partial charge in [0.1, 0.15) is 6.04 Å². The second-order valence-corrected chi connectivity index (χ2v) is 5.45. The molecule has 0 radical (unpaired) electrons. The summed E-state index contributed by atoms with van der Waals surface area (Å²) in [4.78, 5) is 23.4. The number of rotatable bonds is 3. The van der Waals surface area contributed by atoms with E-state index in [0.29, 0.717) is 31.5 Å². The van der Waals surface area contributed by atoms with Gasteiger partial charge < -0.3 is 20.1 Å². The topological polar surface area (TPSA) is 102 Å². The van der Waals surface area contributed by atoms with E-state index in [1.54, 1.807) is 12.1 Å². The number of nitrogens with zero attached hydrogens (tertiary/aromatic N) is 4. The minimum Gasteiger partial charge on any atom is -0.465 e. The van der Waals surface area contributed by atoms with Gasteiger partial charge in [-0.1, -0.05) is 35.4 Å². The highest BCUT2D eigenvalue weighted by Gasteiger charge is 2.32. The van der Waals surface area contributed by atoms with Gasteiger partial charge in [0, 0.05) is 25.9 Å². The quantitative estimate of drug-likeness (QED) is 0.693. The first-order valence-corrected chi connectivity index (χ1v) is 7.33. The lowest BCUT2D eigenvalue weighted by Crippen LogP contribution is -2.38. The standard InChI is InChI=1S/C15H16N4O4/c20-15(21)17-8-6-12(7-9-17)18-14(19(22)23)13(10-16-18)11-4-2-1-3-5-11/h1-5,10,12H,6-9H2,(H,20,21). The van der Waals surface area contributed by atoms with Crippen LogP contribution in [0.1, 0.15) is 18.9 Å². The van der Waals surface area contributed by atoms with Crippen molar-refractivity contribution in [2.45, 2.75) is 18.9 Å². The zero-order valence-corrected chi connectivity index (χ0v) is 12.3. The average Bonchev–Trinajstić information content (AvgIpc) is 3.01. The molecule has 1 saturated heterocycles. The fourth-order valence-corrected chi connectivity index (χ4v) is 2.93. The van der Waals surface area contributed by atoms with E-state index in [-0.39, 0.29) is 11.9 Å². The van der Waals surface area contributed by atoms with Crippen LogP contribution in [0.2, 0.25) is 0 Å². The first-order chi connectivity index (χ1) is 11.1. The first kappa shape index (κ1) is 15.0. The molecule has 0 atom stereocenters. The fourth-order valence-electron chi connectivity index (χ4n) is 2.93. The van der Waals surface area contributed by atoms with Crippen molar-refractivity contribution in [3.63, 3.8) is 0 Å². The van der Waals surface area contributed by atoms with E-state index in [0.717, 1.165) is 5.56 Å². The molecule has 8 heteroatoms. The number of piperidine rings is 1. The SMILES string of the molecule is O=C(O)N1CCC(n2ncc(-c3ccccc3)c2[N+](=O)[O-])CC1. The molecule has 8 nitrogen and oxygen atoms in total. The zero-order valence-electron chi connectivity index (χ0n) is 12.3. The predicted octanol–water partition coefficient (Wildman–Crippen LogP) is 2.77. The summed E-state index contributed by atoms with van der Waals surface area (Å²) in [5.74, 6) is -0.0371. The number of aromatic nitrogens is 2. The minimum atomic E-state index is -0.955. The Bertz CT molecular complexity index is 720. The van der Waals surface area contributed by atoms with Crippen LogP contribution < -0.4 is 0 Å². The maximum atomic E-state index is 11.5. The molecule has 120 valence electrons. The zero-order chi connectivity index (χ0) is 16.4. The van der Waals surface area contributed by atoms with Gasteiger partial charge in [-0.3, -0.25) is 0 Å². The smallest absolute Gasteiger partial charge is 0.407 e. The molecule has 0 bridgehead atoms. The molecule has 0 aliphatic carbocycles. The summed E-state index contributed by atoms with van der Waals surface area (Å²) in [6, 6.07) is 8.94. The van der Waals surface area contributed by atoms with Crippen molar-refractivity contribution >= 4 is 11.9 Å². The van der Waals surface area contributed by atoms with Crippen LogP contribution in [0.3, 0.4) is 0 Å². The summed E-state index contributed by atoms with van der Waals surface area (Å²) in [6.07, 6.45) is 1.59. The minimum absolute atomic E-state index is 0.0371. The Labute approximate surface area is 132 Å². The number of benzene rings is 1. The number of carbonyl (C=O) groups is 1. The molecule has 2 heterocycles. The van der Waals surface area contributed by atoms with E-state index in [9.17, 15) is 14.9 Å². The van der Waals surface area contributed by atoms with Crippen molar-refractivity contribution in [3.05, 3.63) is 46.6 Å². The molecule has 0 unspecified atom stereocenters. The van der Waals surface area contributed by atoms with Crippen LogP contribution in [0.15, 0.2) is 36.5 Å². The molecular formula is C15H16N4O4. The number of carboxylic acid groups (broad SMARTS) is 1. The molecule has 1 aliphatic heterocycles. The molecule has 1 aliphatic rings. The first-order valence-electron chi connectivity index (χ1n) is 7.33. The average molecular weight is 316 g/mol. The Morgan fingerprint density at radius 2 is 1.91 bits per heavy atom. The summed E-state index contributed by atoms with van der Waals surface area (Å²) < 4.78 is 1.43. The normalized spacial score (nSPS) is 15.6. The van der Waals surface area contributed by atoms with E-state index < -0.39 is 11.0 Å². The third-order valence-corrected chi connectivity index (χ3v) is 4.11. The largest absolute Gasteiger partial charge is 0.465 e. The summed E-state index contributed by atoms with van der Waals surface area (Å²) >= 11 is 0. The highest BCUT2D eigenvalue weighted by atomic mass is 16.6. The van der Waals surface area contributed by atoms with E-state index >= 15 is 0 Å². The van der Waals surface area contributed by atoms with Crippen LogP contribution in [0.25, 0.3) is 11.1 Å². The highest BCUT2D eigenvalue weighted by Crippen LogP contribution is 2.34. The summed E-state index contributed by atoms with van der Waals surface area (Å²) in [7, 11) is 0. The molecule has 1 fully saturated rings. The van der Waals surface area contributed by atoms with Crippen LogP contribution in [-0.4, -0.2) is 43.9 Å². The van der Waals surface area contributed by atoms with Gasteiger partial charge in [-0.15, -0.1) is 4.68 Å². The number of likely N-dealkylation sites (tertiary alicyclic amines) is 1. The summed E-state index contributed by atoms with van der Waals surface area (Å²) in [5, 5.41) is 24.7. The van der Waals surface area contributed by atoms with Gasteiger partial charge in [-0.05, 0) is 10.5 Å². The Morgan fingerprint density at radius 1 is 1.26 bits per heavy atom. The Hall–Kier alpha value is -2.90. The van der Waals surface area contributed by atoms with Crippen molar-refractivity contribution in [3.8, 4) is 11.1 Å². The van der Waals surface area contributed by atoms with E-state index in [2.05, 4.69) is 5.10 Å². The Balaban J connectivity index is 1.91. The van der Waals surface area contributed by atoms with Crippen molar-refractivity contribution in [2.75, 3.05) is 13.1 Å². The third kappa shape index (κ3) is 2.87. The van der Waals surface area contributed by atoms with Crippen LogP contribution >= 0.6 is 0 Å². The van der Waals surface area contributed by atoms with Crippen molar-refractivity contribution in [1.29, 1.82) is 0 Å². The van der Waals surface area contributed by atoms with Crippen molar-refractivity contribution in [1.82, 2.24) is 14.7 Å². The van der Waals surface area contributed by atoms with Gasteiger partial charge in [-0.25, -0.2) is 4.79 Å².